The predicted molar refractivity (Wildman–Crippen MR) is 80.7 cm³/mol. The summed E-state index contributed by atoms with van der Waals surface area (Å²) < 4.78 is 5.17. The Morgan fingerprint density at radius 2 is 2.14 bits per heavy atom. The van der Waals surface area contributed by atoms with E-state index in [1.807, 2.05) is 12.1 Å². The van der Waals surface area contributed by atoms with E-state index in [1.54, 1.807) is 4.90 Å². The maximum Gasteiger partial charge on any atom is 0.334 e. The molecular formula is C17H21NO4. The molecule has 1 heterocycles. The van der Waals surface area contributed by atoms with E-state index in [-0.39, 0.29) is 18.4 Å². The molecule has 0 unspecified atom stereocenters. The van der Waals surface area contributed by atoms with E-state index in [1.165, 1.54) is 11.1 Å². The summed E-state index contributed by atoms with van der Waals surface area (Å²) in [5.74, 6) is -0.708. The molecule has 1 amide bonds. The minimum atomic E-state index is -1.000. The number of carboxylic acids is 1. The zero-order valence-electron chi connectivity index (χ0n) is 12.5. The molecule has 0 bridgehead atoms. The largest absolute Gasteiger partial charge is 0.479 e. The highest BCUT2D eigenvalue weighted by Crippen LogP contribution is 2.34. The standard InChI is InChI=1S/C17H21NO4/c19-16(18-8-9-22-15(11-18)17(20)21)10-13-6-3-5-12-4-1-2-7-14(12)13/h1-2,4,7,13,15H,3,5-6,8-11H2,(H,20,21)/t13-,15-/m0/s1. The van der Waals surface area contributed by atoms with Gasteiger partial charge in [0, 0.05) is 13.0 Å². The van der Waals surface area contributed by atoms with Crippen molar-refractivity contribution in [1.29, 1.82) is 0 Å². The molecule has 2 aliphatic rings. The average molecular weight is 303 g/mol. The van der Waals surface area contributed by atoms with Gasteiger partial charge in [-0.3, -0.25) is 4.79 Å². The van der Waals surface area contributed by atoms with Gasteiger partial charge in [0.1, 0.15) is 0 Å². The van der Waals surface area contributed by atoms with Gasteiger partial charge in [0.15, 0.2) is 6.10 Å². The Labute approximate surface area is 129 Å². The zero-order valence-corrected chi connectivity index (χ0v) is 12.5. The third-order valence-corrected chi connectivity index (χ3v) is 4.61. The lowest BCUT2D eigenvalue weighted by atomic mass is 9.81. The molecule has 22 heavy (non-hydrogen) atoms. The summed E-state index contributed by atoms with van der Waals surface area (Å²) in [7, 11) is 0. The van der Waals surface area contributed by atoms with Crippen LogP contribution in [-0.2, 0) is 20.7 Å². The van der Waals surface area contributed by atoms with Crippen LogP contribution in [0.4, 0.5) is 0 Å². The Morgan fingerprint density at radius 3 is 2.95 bits per heavy atom. The fourth-order valence-electron chi connectivity index (χ4n) is 3.43. The Balaban J connectivity index is 1.66. The molecule has 0 aromatic heterocycles. The number of morpholine rings is 1. The number of carbonyl (C=O) groups is 2. The minimum Gasteiger partial charge on any atom is -0.479 e. The highest BCUT2D eigenvalue weighted by atomic mass is 16.5. The van der Waals surface area contributed by atoms with Crippen molar-refractivity contribution in [1.82, 2.24) is 4.90 Å². The van der Waals surface area contributed by atoms with Crippen LogP contribution in [0.3, 0.4) is 0 Å². The van der Waals surface area contributed by atoms with Crippen molar-refractivity contribution in [3.63, 3.8) is 0 Å². The van der Waals surface area contributed by atoms with Crippen molar-refractivity contribution in [2.24, 2.45) is 0 Å². The quantitative estimate of drug-likeness (QED) is 0.925. The number of ether oxygens (including phenoxy) is 1. The van der Waals surface area contributed by atoms with Crippen LogP contribution in [-0.4, -0.2) is 47.7 Å². The van der Waals surface area contributed by atoms with Crippen molar-refractivity contribution in [2.75, 3.05) is 19.7 Å². The first kappa shape index (κ1) is 15.0. The summed E-state index contributed by atoms with van der Waals surface area (Å²) >= 11 is 0. The SMILES string of the molecule is O=C(O)[C@@H]1CN(C(=O)C[C@@H]2CCCc3ccccc32)CCO1. The van der Waals surface area contributed by atoms with E-state index in [4.69, 9.17) is 9.84 Å². The Morgan fingerprint density at radius 1 is 1.32 bits per heavy atom. The number of amides is 1. The molecule has 2 atom stereocenters. The van der Waals surface area contributed by atoms with Crippen LogP contribution < -0.4 is 0 Å². The summed E-state index contributed by atoms with van der Waals surface area (Å²) in [5, 5.41) is 9.03. The molecule has 3 rings (SSSR count). The van der Waals surface area contributed by atoms with E-state index in [2.05, 4.69) is 12.1 Å². The van der Waals surface area contributed by atoms with Gasteiger partial charge in [0.05, 0.1) is 13.2 Å². The second kappa shape index (κ2) is 6.48. The first-order chi connectivity index (χ1) is 10.6. The monoisotopic (exact) mass is 303 g/mol. The van der Waals surface area contributed by atoms with Crippen molar-refractivity contribution in [3.05, 3.63) is 35.4 Å². The van der Waals surface area contributed by atoms with Gasteiger partial charge < -0.3 is 14.7 Å². The Kier molecular flexibility index (Phi) is 4.43. The van der Waals surface area contributed by atoms with E-state index in [0.29, 0.717) is 19.6 Å². The van der Waals surface area contributed by atoms with Crippen LogP contribution in [0.1, 0.15) is 36.3 Å². The molecule has 1 saturated heterocycles. The lowest BCUT2D eigenvalue weighted by molar-refractivity contribution is -0.159. The van der Waals surface area contributed by atoms with Crippen LogP contribution in [0.5, 0.6) is 0 Å². The van der Waals surface area contributed by atoms with Crippen LogP contribution >= 0.6 is 0 Å². The first-order valence-electron chi connectivity index (χ1n) is 7.85. The minimum absolute atomic E-state index is 0.0382. The number of carbonyl (C=O) groups excluding carboxylic acids is 1. The van der Waals surface area contributed by atoms with Gasteiger partial charge in [-0.25, -0.2) is 4.79 Å². The normalized spacial score (nSPS) is 24.6. The first-order valence-corrected chi connectivity index (χ1v) is 7.85. The van der Waals surface area contributed by atoms with Crippen molar-refractivity contribution in [2.45, 2.75) is 37.7 Å². The van der Waals surface area contributed by atoms with Crippen LogP contribution in [0, 0.1) is 0 Å². The molecule has 0 radical (unpaired) electrons. The lowest BCUT2D eigenvalue weighted by Crippen LogP contribution is -2.48. The number of carboxylic acid groups (broad SMARTS) is 1. The van der Waals surface area contributed by atoms with Gasteiger partial charge >= 0.3 is 5.97 Å². The predicted octanol–water partition coefficient (Wildman–Crippen LogP) is 1.81. The van der Waals surface area contributed by atoms with Crippen LogP contribution in [0.15, 0.2) is 24.3 Å². The topological polar surface area (TPSA) is 66.8 Å². The molecule has 1 N–H and O–H groups in total. The smallest absolute Gasteiger partial charge is 0.334 e. The number of aryl methyl sites for hydroxylation is 1. The van der Waals surface area contributed by atoms with E-state index in [9.17, 15) is 9.59 Å². The van der Waals surface area contributed by atoms with Gasteiger partial charge in [0.25, 0.3) is 0 Å². The summed E-state index contributed by atoms with van der Waals surface area (Å²) in [6.07, 6.45) is 2.78. The van der Waals surface area contributed by atoms with Crippen molar-refractivity contribution >= 4 is 11.9 Å². The second-order valence-electron chi connectivity index (χ2n) is 6.03. The number of benzene rings is 1. The third kappa shape index (κ3) is 3.14. The molecule has 1 aliphatic heterocycles. The van der Waals surface area contributed by atoms with Gasteiger partial charge in [-0.1, -0.05) is 24.3 Å². The number of aliphatic carboxylic acids is 1. The van der Waals surface area contributed by atoms with Crippen LogP contribution in [0.2, 0.25) is 0 Å². The number of hydrogen-bond donors (Lipinski definition) is 1. The number of nitrogens with zero attached hydrogens (tertiary/aromatic N) is 1. The molecule has 0 spiro atoms. The van der Waals surface area contributed by atoms with Gasteiger partial charge in [0.2, 0.25) is 5.91 Å². The number of fused-ring (bicyclic) bond motifs is 1. The van der Waals surface area contributed by atoms with E-state index < -0.39 is 12.1 Å². The summed E-state index contributed by atoms with van der Waals surface area (Å²) in [6, 6.07) is 8.33. The average Bonchev–Trinajstić information content (AvgIpc) is 2.55. The van der Waals surface area contributed by atoms with Gasteiger partial charge in [-0.05, 0) is 36.3 Å². The van der Waals surface area contributed by atoms with E-state index >= 15 is 0 Å². The molecule has 1 fully saturated rings. The molecule has 0 saturated carbocycles. The number of hydrogen-bond acceptors (Lipinski definition) is 3. The maximum atomic E-state index is 12.5. The molecule has 1 aromatic rings. The van der Waals surface area contributed by atoms with Crippen molar-refractivity contribution in [3.8, 4) is 0 Å². The van der Waals surface area contributed by atoms with Gasteiger partial charge in [-0.2, -0.15) is 0 Å². The summed E-state index contributed by atoms with van der Waals surface area (Å²) in [6.45, 7) is 0.934. The van der Waals surface area contributed by atoms with E-state index in [0.717, 1.165) is 19.3 Å². The Bertz CT molecular complexity index is 572. The molecule has 5 heteroatoms. The maximum absolute atomic E-state index is 12.5. The third-order valence-electron chi connectivity index (χ3n) is 4.61. The lowest BCUT2D eigenvalue weighted by Gasteiger charge is -2.33. The van der Waals surface area contributed by atoms with Crippen LogP contribution in [0.25, 0.3) is 0 Å². The van der Waals surface area contributed by atoms with Gasteiger partial charge in [-0.15, -0.1) is 0 Å². The molecule has 5 nitrogen and oxygen atoms in total. The molecule has 118 valence electrons. The fourth-order valence-corrected chi connectivity index (χ4v) is 3.43. The highest BCUT2D eigenvalue weighted by Gasteiger charge is 2.31. The fraction of sp³-hybridized carbons (Fsp3) is 0.529. The molecule has 1 aliphatic carbocycles. The Hall–Kier alpha value is -1.88. The molecule has 1 aromatic carbocycles. The summed E-state index contributed by atoms with van der Waals surface area (Å²) in [4.78, 5) is 25.2. The van der Waals surface area contributed by atoms with Crippen molar-refractivity contribution < 1.29 is 19.4 Å². The number of rotatable bonds is 3. The highest BCUT2D eigenvalue weighted by molar-refractivity contribution is 5.79. The summed E-state index contributed by atoms with van der Waals surface area (Å²) in [5.41, 5.74) is 2.63. The second-order valence-corrected chi connectivity index (χ2v) is 6.03. The zero-order chi connectivity index (χ0) is 15.5. The molecular weight excluding hydrogens is 282 g/mol.